The first-order chi connectivity index (χ1) is 19.2. The molecule has 0 spiro atoms. The van der Waals surface area contributed by atoms with Crippen molar-refractivity contribution < 1.29 is 18.7 Å². The number of hydrogen-bond acceptors (Lipinski definition) is 9. The summed E-state index contributed by atoms with van der Waals surface area (Å²) in [6.45, 7) is 2.54. The maximum absolute atomic E-state index is 14.1. The van der Waals surface area contributed by atoms with Crippen molar-refractivity contribution in [3.8, 4) is 0 Å². The lowest BCUT2D eigenvalue weighted by molar-refractivity contribution is 0.0864. The number of pyridine rings is 1. The highest BCUT2D eigenvalue weighted by Gasteiger charge is 2.27. The van der Waals surface area contributed by atoms with Crippen molar-refractivity contribution >= 4 is 34.8 Å². The molecule has 5 rings (SSSR count). The number of alkyl carbamates (subject to hydrolysis) is 1. The van der Waals surface area contributed by atoms with E-state index >= 15 is 0 Å². The summed E-state index contributed by atoms with van der Waals surface area (Å²) in [6.07, 6.45) is 8.74. The molecule has 2 amide bonds. The van der Waals surface area contributed by atoms with Gasteiger partial charge in [-0.05, 0) is 65.6 Å². The highest BCUT2D eigenvalue weighted by atomic mass is 19.1. The zero-order valence-corrected chi connectivity index (χ0v) is 23.0. The number of rotatable bonds is 10. The highest BCUT2D eigenvalue weighted by Crippen LogP contribution is 2.30. The lowest BCUT2D eigenvalue weighted by Crippen LogP contribution is -2.42. The molecule has 13 heteroatoms. The minimum atomic E-state index is -0.627. The summed E-state index contributed by atoms with van der Waals surface area (Å²) >= 11 is 0. The molecule has 0 aromatic carbocycles. The Morgan fingerprint density at radius 2 is 1.77 bits per heavy atom. The number of carbonyl (C=O) groups excluding carboxylic acids is 2. The Hall–Kier alpha value is -4.00. The zero-order chi connectivity index (χ0) is 28.2. The van der Waals surface area contributed by atoms with Crippen molar-refractivity contribution in [2.24, 2.45) is 0 Å². The summed E-state index contributed by atoms with van der Waals surface area (Å²) < 4.78 is 21.0. The number of carbonyl (C=O) groups is 2. The number of imidazole rings is 1. The topological polar surface area (TPSA) is 138 Å². The number of nitrogens with one attached hydrogen (secondary N) is 4. The van der Waals surface area contributed by atoms with Crippen molar-refractivity contribution in [3.63, 3.8) is 0 Å². The van der Waals surface area contributed by atoms with Gasteiger partial charge in [-0.25, -0.2) is 18.7 Å². The van der Waals surface area contributed by atoms with E-state index in [1.165, 1.54) is 23.0 Å². The lowest BCUT2D eigenvalue weighted by atomic mass is 9.91. The van der Waals surface area contributed by atoms with Crippen molar-refractivity contribution in [2.75, 3.05) is 36.6 Å². The molecule has 2 saturated carbocycles. The molecule has 3 aromatic heterocycles. The van der Waals surface area contributed by atoms with Crippen LogP contribution in [0.3, 0.4) is 0 Å². The third-order valence-corrected chi connectivity index (χ3v) is 6.99. The molecule has 0 radical (unpaired) electrons. The minimum absolute atomic E-state index is 0.0296. The summed E-state index contributed by atoms with van der Waals surface area (Å²) in [5.41, 5.74) is 1.51. The quantitative estimate of drug-likeness (QED) is 0.297. The summed E-state index contributed by atoms with van der Waals surface area (Å²) in [5, 5.41) is 17.2. The van der Waals surface area contributed by atoms with Crippen molar-refractivity contribution in [3.05, 3.63) is 42.2 Å². The molecule has 0 saturated heterocycles. The van der Waals surface area contributed by atoms with Crippen molar-refractivity contribution in [2.45, 2.75) is 69.7 Å². The lowest BCUT2D eigenvalue weighted by Gasteiger charge is -2.30. The Balaban J connectivity index is 1.25. The average Bonchev–Trinajstić information content (AvgIpc) is 3.61. The van der Waals surface area contributed by atoms with E-state index < -0.39 is 11.7 Å². The number of anilines is 3. The fourth-order valence-electron chi connectivity index (χ4n) is 4.94. The van der Waals surface area contributed by atoms with Gasteiger partial charge in [0.1, 0.15) is 11.9 Å². The van der Waals surface area contributed by atoms with Gasteiger partial charge >= 0.3 is 6.09 Å². The predicted molar refractivity (Wildman–Crippen MR) is 149 cm³/mol. The number of fused-ring (bicyclic) bond motifs is 1. The van der Waals surface area contributed by atoms with Crippen LogP contribution in [0.25, 0.3) is 5.65 Å². The fraction of sp³-hybridized carbons (Fsp3) is 0.519. The highest BCUT2D eigenvalue weighted by molar-refractivity contribution is 6.03. The maximum atomic E-state index is 14.1. The van der Waals surface area contributed by atoms with Crippen molar-refractivity contribution in [1.29, 1.82) is 0 Å². The summed E-state index contributed by atoms with van der Waals surface area (Å²) in [7, 11) is 3.88. The molecule has 2 aliphatic rings. The Morgan fingerprint density at radius 1 is 1.07 bits per heavy atom. The van der Waals surface area contributed by atoms with E-state index in [4.69, 9.17) is 4.74 Å². The average molecular weight is 554 g/mol. The van der Waals surface area contributed by atoms with Crippen LogP contribution in [0.5, 0.6) is 0 Å². The number of nitrogens with zero attached hydrogens (tertiary/aromatic N) is 5. The van der Waals surface area contributed by atoms with E-state index in [0.29, 0.717) is 24.1 Å². The maximum Gasteiger partial charge on any atom is 0.407 e. The number of likely N-dealkylation sites (N-methyl/N-ethyl adjacent to an activating group) is 1. The number of ether oxygens (including phenoxy) is 1. The van der Waals surface area contributed by atoms with Gasteiger partial charge in [0.2, 0.25) is 0 Å². The molecule has 3 aromatic rings. The van der Waals surface area contributed by atoms with Crippen LogP contribution in [-0.2, 0) is 4.74 Å². The Morgan fingerprint density at radius 3 is 2.48 bits per heavy atom. The second-order valence-electron chi connectivity index (χ2n) is 10.9. The van der Waals surface area contributed by atoms with Gasteiger partial charge < -0.3 is 30.9 Å². The summed E-state index contributed by atoms with van der Waals surface area (Å²) in [5.74, 6) is -0.554. The number of aromatic nitrogens is 4. The number of halogens is 1. The van der Waals surface area contributed by atoms with Crippen LogP contribution in [0.4, 0.5) is 26.4 Å². The van der Waals surface area contributed by atoms with Gasteiger partial charge in [0.05, 0.1) is 23.8 Å². The first-order valence-corrected chi connectivity index (χ1v) is 13.7. The van der Waals surface area contributed by atoms with Crippen LogP contribution in [-0.4, -0.2) is 81.4 Å². The normalized spacial score (nSPS) is 19.7. The third kappa shape index (κ3) is 6.95. The molecule has 0 bridgehead atoms. The molecule has 40 heavy (non-hydrogen) atoms. The van der Waals surface area contributed by atoms with Gasteiger partial charge in [-0.3, -0.25) is 9.78 Å². The third-order valence-electron chi connectivity index (χ3n) is 6.99. The molecule has 1 atom stereocenters. The SMILES string of the molecule is CC(CN(C)C)OC(=O)N[C@H]1CC[C@H](Nc2cc(NC3CC3)c3ncc(C(=O)Nc4ccncc4F)n3n2)CC1. The molecule has 4 N–H and O–H groups in total. The molecule has 3 heterocycles. The van der Waals surface area contributed by atoms with E-state index in [0.717, 1.165) is 50.4 Å². The van der Waals surface area contributed by atoms with Gasteiger partial charge in [-0.2, -0.15) is 0 Å². The van der Waals surface area contributed by atoms with Crippen LogP contribution >= 0.6 is 0 Å². The number of hydrogen-bond donors (Lipinski definition) is 4. The van der Waals surface area contributed by atoms with Gasteiger partial charge in [0, 0.05) is 36.9 Å². The molecule has 1 unspecified atom stereocenters. The molecule has 2 aliphatic carbocycles. The van der Waals surface area contributed by atoms with E-state index in [1.807, 2.05) is 32.0 Å². The predicted octanol–water partition coefficient (Wildman–Crippen LogP) is 3.49. The molecule has 12 nitrogen and oxygen atoms in total. The van der Waals surface area contributed by atoms with Crippen LogP contribution in [0, 0.1) is 5.82 Å². The number of amides is 2. The second-order valence-corrected chi connectivity index (χ2v) is 10.9. The van der Waals surface area contributed by atoms with Crippen LogP contribution < -0.4 is 21.3 Å². The van der Waals surface area contributed by atoms with Crippen molar-refractivity contribution in [1.82, 2.24) is 29.8 Å². The Bertz CT molecular complexity index is 1350. The fourth-order valence-corrected chi connectivity index (χ4v) is 4.94. The first-order valence-electron chi connectivity index (χ1n) is 13.7. The van der Waals surface area contributed by atoms with E-state index in [2.05, 4.69) is 36.3 Å². The van der Waals surface area contributed by atoms with Crippen LogP contribution in [0.15, 0.2) is 30.7 Å². The van der Waals surface area contributed by atoms with E-state index in [1.54, 1.807) is 0 Å². The molecule has 2 fully saturated rings. The van der Waals surface area contributed by atoms with Gasteiger partial charge in [0.25, 0.3) is 5.91 Å². The van der Waals surface area contributed by atoms with Crippen LogP contribution in [0.1, 0.15) is 55.9 Å². The van der Waals surface area contributed by atoms with E-state index in [9.17, 15) is 14.0 Å². The molecule has 0 aliphatic heterocycles. The summed E-state index contributed by atoms with van der Waals surface area (Å²) in [6, 6.07) is 3.87. The van der Waals surface area contributed by atoms with Gasteiger partial charge in [0.15, 0.2) is 17.2 Å². The Labute approximate surface area is 232 Å². The monoisotopic (exact) mass is 553 g/mol. The van der Waals surface area contributed by atoms with Crippen LogP contribution in [0.2, 0.25) is 0 Å². The first kappa shape index (κ1) is 27.6. The van der Waals surface area contributed by atoms with E-state index in [-0.39, 0.29) is 35.7 Å². The largest absolute Gasteiger partial charge is 0.445 e. The van der Waals surface area contributed by atoms with Gasteiger partial charge in [-0.1, -0.05) is 0 Å². The van der Waals surface area contributed by atoms with Gasteiger partial charge in [-0.15, -0.1) is 5.10 Å². The molecular weight excluding hydrogens is 517 g/mol. The second kappa shape index (κ2) is 12.0. The summed E-state index contributed by atoms with van der Waals surface area (Å²) in [4.78, 5) is 35.4. The Kier molecular flexibility index (Phi) is 8.29. The minimum Gasteiger partial charge on any atom is -0.445 e. The zero-order valence-electron chi connectivity index (χ0n) is 23.0. The molecule has 214 valence electrons. The smallest absolute Gasteiger partial charge is 0.407 e. The molecular formula is C27H36FN9O3. The standard InChI is InChI=1S/C27H36FN9O3/c1-16(15-36(2)3)40-27(39)33-19-8-6-18(7-9-19)32-24-12-22(31-17-4-5-17)25-30-14-23(37(25)35-24)26(38)34-21-10-11-29-13-20(21)28/h10-14,16-19,31H,4-9,15H2,1-3H3,(H,32,35)(H,33,39)(H,29,34,38)/t16?,18-,19-.